The number of hydrogen-bond donors (Lipinski definition) is 0. The van der Waals surface area contributed by atoms with E-state index in [0.29, 0.717) is 18.8 Å². The minimum Gasteiger partial charge on any atom is -0.480 e. The highest BCUT2D eigenvalue weighted by molar-refractivity contribution is 5.56. The fourth-order valence-electron chi connectivity index (χ4n) is 1.98. The molecule has 2 rings (SSSR count). The summed E-state index contributed by atoms with van der Waals surface area (Å²) in [6, 6.07) is 3.46. The minimum atomic E-state index is -0.402. The van der Waals surface area contributed by atoms with E-state index in [2.05, 4.69) is 0 Å². The smallest absolute Gasteiger partial charge is 0.311 e. The van der Waals surface area contributed by atoms with E-state index < -0.39 is 4.92 Å². The number of nitro benzene ring substituents is 1. The van der Waals surface area contributed by atoms with Crippen LogP contribution in [0.2, 0.25) is 0 Å². The van der Waals surface area contributed by atoms with Gasteiger partial charge in [0.1, 0.15) is 6.10 Å². The van der Waals surface area contributed by atoms with Crippen molar-refractivity contribution in [1.82, 2.24) is 0 Å². The average molecular weight is 223 g/mol. The number of nitrogens with zero attached hydrogens (tertiary/aromatic N) is 1. The van der Waals surface area contributed by atoms with Gasteiger partial charge < -0.3 is 9.47 Å². The fraction of sp³-hybridized carbons (Fsp3) is 0.455. The third kappa shape index (κ3) is 1.86. The second-order valence-electron chi connectivity index (χ2n) is 3.93. The summed E-state index contributed by atoms with van der Waals surface area (Å²) in [5, 5.41) is 10.9. The number of methoxy groups -OCH3 is 1. The maximum absolute atomic E-state index is 10.9. The zero-order valence-electron chi connectivity index (χ0n) is 9.23. The number of ether oxygens (including phenoxy) is 2. The van der Waals surface area contributed by atoms with Crippen molar-refractivity contribution >= 4 is 5.69 Å². The molecule has 86 valence electrons. The molecule has 0 amide bonds. The Bertz CT molecular complexity index is 430. The maximum atomic E-state index is 10.9. The zero-order valence-corrected chi connectivity index (χ0v) is 9.23. The van der Waals surface area contributed by atoms with Crippen LogP contribution in [-0.2, 0) is 11.2 Å². The molecule has 16 heavy (non-hydrogen) atoms. The van der Waals surface area contributed by atoms with Gasteiger partial charge in [-0.05, 0) is 12.5 Å². The first-order valence-electron chi connectivity index (χ1n) is 5.05. The SMILES string of the molecule is COC[C@H]1Cc2cc(C)cc([N+](=O)[O-])c2O1. The molecule has 5 nitrogen and oxygen atoms in total. The lowest BCUT2D eigenvalue weighted by atomic mass is 10.1. The van der Waals surface area contributed by atoms with E-state index in [1.54, 1.807) is 7.11 Å². The number of hydrogen-bond acceptors (Lipinski definition) is 4. The van der Waals surface area contributed by atoms with Crippen molar-refractivity contribution in [2.75, 3.05) is 13.7 Å². The normalized spacial score (nSPS) is 18.0. The first kappa shape index (κ1) is 10.9. The molecule has 0 radical (unpaired) electrons. The topological polar surface area (TPSA) is 61.6 Å². The van der Waals surface area contributed by atoms with Crippen molar-refractivity contribution < 1.29 is 14.4 Å². The number of rotatable bonds is 3. The molecule has 0 unspecified atom stereocenters. The summed E-state index contributed by atoms with van der Waals surface area (Å²) in [5.74, 6) is 0.401. The van der Waals surface area contributed by atoms with Crippen LogP contribution in [0.4, 0.5) is 5.69 Å². The van der Waals surface area contributed by atoms with Gasteiger partial charge in [0.15, 0.2) is 0 Å². The Morgan fingerprint density at radius 1 is 1.62 bits per heavy atom. The van der Waals surface area contributed by atoms with Gasteiger partial charge in [-0.1, -0.05) is 6.07 Å². The molecule has 1 atom stereocenters. The van der Waals surface area contributed by atoms with E-state index in [0.717, 1.165) is 11.1 Å². The minimum absolute atomic E-state index is 0.0496. The van der Waals surface area contributed by atoms with Crippen LogP contribution >= 0.6 is 0 Å². The van der Waals surface area contributed by atoms with Crippen molar-refractivity contribution in [3.63, 3.8) is 0 Å². The van der Waals surface area contributed by atoms with Crippen LogP contribution < -0.4 is 4.74 Å². The summed E-state index contributed by atoms with van der Waals surface area (Å²) in [6.45, 7) is 2.29. The van der Waals surface area contributed by atoms with Crippen molar-refractivity contribution in [3.05, 3.63) is 33.4 Å². The van der Waals surface area contributed by atoms with Gasteiger partial charge in [-0.2, -0.15) is 0 Å². The predicted octanol–water partition coefficient (Wildman–Crippen LogP) is 1.85. The van der Waals surface area contributed by atoms with Crippen LogP contribution in [-0.4, -0.2) is 24.7 Å². The lowest BCUT2D eigenvalue weighted by molar-refractivity contribution is -0.385. The molecule has 1 aliphatic rings. The Kier molecular flexibility index (Phi) is 2.78. The van der Waals surface area contributed by atoms with Gasteiger partial charge >= 0.3 is 5.69 Å². The van der Waals surface area contributed by atoms with Crippen molar-refractivity contribution in [3.8, 4) is 5.75 Å². The highest BCUT2D eigenvalue weighted by Crippen LogP contribution is 2.38. The summed E-state index contributed by atoms with van der Waals surface area (Å²) in [7, 11) is 1.59. The van der Waals surface area contributed by atoms with E-state index in [9.17, 15) is 10.1 Å². The molecule has 0 aromatic heterocycles. The molecule has 1 heterocycles. The molecule has 0 saturated heterocycles. The van der Waals surface area contributed by atoms with Gasteiger partial charge in [-0.25, -0.2) is 0 Å². The molecular formula is C11H13NO4. The Morgan fingerprint density at radius 3 is 3.00 bits per heavy atom. The quantitative estimate of drug-likeness (QED) is 0.579. The van der Waals surface area contributed by atoms with Gasteiger partial charge in [0.05, 0.1) is 11.5 Å². The molecule has 1 aliphatic heterocycles. The highest BCUT2D eigenvalue weighted by Gasteiger charge is 2.30. The molecule has 0 fully saturated rings. The molecule has 0 spiro atoms. The van der Waals surface area contributed by atoms with Gasteiger partial charge in [0.2, 0.25) is 5.75 Å². The molecular weight excluding hydrogens is 210 g/mol. The van der Waals surface area contributed by atoms with Gasteiger partial charge in [0, 0.05) is 25.2 Å². The van der Waals surface area contributed by atoms with Crippen LogP contribution in [0.25, 0.3) is 0 Å². The molecule has 0 saturated carbocycles. The number of benzene rings is 1. The van der Waals surface area contributed by atoms with E-state index in [-0.39, 0.29) is 11.8 Å². The Morgan fingerprint density at radius 2 is 2.38 bits per heavy atom. The summed E-state index contributed by atoms with van der Waals surface area (Å²) < 4.78 is 10.5. The lowest BCUT2D eigenvalue weighted by Crippen LogP contribution is -2.19. The first-order chi connectivity index (χ1) is 7.61. The van der Waals surface area contributed by atoms with E-state index in [1.165, 1.54) is 6.07 Å². The largest absolute Gasteiger partial charge is 0.480 e. The predicted molar refractivity (Wildman–Crippen MR) is 57.8 cm³/mol. The molecule has 5 heteroatoms. The Labute approximate surface area is 93.1 Å². The summed E-state index contributed by atoms with van der Waals surface area (Å²) in [5.41, 5.74) is 1.83. The summed E-state index contributed by atoms with van der Waals surface area (Å²) in [6.07, 6.45) is 0.562. The fourth-order valence-corrected chi connectivity index (χ4v) is 1.98. The lowest BCUT2D eigenvalue weighted by Gasteiger charge is -2.08. The van der Waals surface area contributed by atoms with E-state index in [1.807, 2.05) is 13.0 Å². The molecule has 0 N–H and O–H groups in total. The van der Waals surface area contributed by atoms with Crippen LogP contribution in [0, 0.1) is 17.0 Å². The highest BCUT2D eigenvalue weighted by atomic mass is 16.6. The van der Waals surface area contributed by atoms with Gasteiger partial charge in [0.25, 0.3) is 0 Å². The van der Waals surface area contributed by atoms with E-state index >= 15 is 0 Å². The molecule has 0 bridgehead atoms. The number of nitro groups is 1. The molecule has 1 aromatic rings. The van der Waals surface area contributed by atoms with Crippen molar-refractivity contribution in [2.24, 2.45) is 0 Å². The van der Waals surface area contributed by atoms with Gasteiger partial charge in [-0.15, -0.1) is 0 Å². The van der Waals surface area contributed by atoms with Crippen molar-refractivity contribution in [1.29, 1.82) is 0 Å². The molecule has 0 aliphatic carbocycles. The van der Waals surface area contributed by atoms with Crippen LogP contribution in [0.1, 0.15) is 11.1 Å². The standard InChI is InChI=1S/C11H13NO4/c1-7-3-8-5-9(6-15-2)16-11(8)10(4-7)12(13)14/h3-4,9H,5-6H2,1-2H3/t9-/m1/s1. The second-order valence-corrected chi connectivity index (χ2v) is 3.93. The first-order valence-corrected chi connectivity index (χ1v) is 5.05. The number of aryl methyl sites for hydroxylation is 1. The zero-order chi connectivity index (χ0) is 11.7. The van der Waals surface area contributed by atoms with Gasteiger partial charge in [-0.3, -0.25) is 10.1 Å². The Balaban J connectivity index is 2.36. The maximum Gasteiger partial charge on any atom is 0.311 e. The summed E-state index contributed by atoms with van der Waals surface area (Å²) >= 11 is 0. The van der Waals surface area contributed by atoms with Crippen LogP contribution in [0.3, 0.4) is 0 Å². The molecule has 1 aromatic carbocycles. The van der Waals surface area contributed by atoms with Crippen LogP contribution in [0.15, 0.2) is 12.1 Å². The Hall–Kier alpha value is -1.62. The monoisotopic (exact) mass is 223 g/mol. The summed E-state index contributed by atoms with van der Waals surface area (Å²) in [4.78, 5) is 10.5. The number of fused-ring (bicyclic) bond motifs is 1. The third-order valence-corrected chi connectivity index (χ3v) is 2.57. The van der Waals surface area contributed by atoms with E-state index in [4.69, 9.17) is 9.47 Å². The van der Waals surface area contributed by atoms with Crippen molar-refractivity contribution in [2.45, 2.75) is 19.4 Å². The third-order valence-electron chi connectivity index (χ3n) is 2.57. The second kappa shape index (κ2) is 4.09. The average Bonchev–Trinajstić information content (AvgIpc) is 2.59. The van der Waals surface area contributed by atoms with Crippen LogP contribution in [0.5, 0.6) is 5.75 Å².